The van der Waals surface area contributed by atoms with E-state index in [2.05, 4.69) is 15.2 Å². The molecule has 2 fully saturated rings. The van der Waals surface area contributed by atoms with Gasteiger partial charge < -0.3 is 15.0 Å². The molecule has 2 aliphatic heterocycles. The van der Waals surface area contributed by atoms with Gasteiger partial charge in [0.25, 0.3) is 5.91 Å². The van der Waals surface area contributed by atoms with E-state index in [-0.39, 0.29) is 37.3 Å². The van der Waals surface area contributed by atoms with Crippen molar-refractivity contribution in [3.63, 3.8) is 0 Å². The Morgan fingerprint density at radius 1 is 1.30 bits per heavy atom. The molecule has 0 aliphatic carbocycles. The van der Waals surface area contributed by atoms with Crippen LogP contribution in [0.1, 0.15) is 6.42 Å². The van der Waals surface area contributed by atoms with Crippen LogP contribution in [0.5, 0.6) is 5.75 Å². The molecule has 130 valence electrons. The number of halogens is 2. The van der Waals surface area contributed by atoms with Gasteiger partial charge in [-0.05, 0) is 18.6 Å². The lowest BCUT2D eigenvalue weighted by Gasteiger charge is -2.32. The summed E-state index contributed by atoms with van der Waals surface area (Å²) in [6.45, 7) is 6.03. The monoisotopic (exact) mass is 362 g/mol. The number of rotatable bonds is 4. The highest BCUT2D eigenvalue weighted by Crippen LogP contribution is 2.16. The molecule has 1 atom stereocenters. The number of carbonyl (C=O) groups is 1. The normalized spacial score (nSPS) is 21.2. The van der Waals surface area contributed by atoms with E-state index in [4.69, 9.17) is 4.74 Å². The molecule has 6 nitrogen and oxygen atoms in total. The van der Waals surface area contributed by atoms with Gasteiger partial charge in [-0.3, -0.25) is 14.7 Å². The highest BCUT2D eigenvalue weighted by Gasteiger charge is 2.30. The SMILES string of the molecule is Cl.Cl.O=C(COc1cccnc1)N1CCC(N2CCNCC2)C1. The molecule has 3 rings (SSSR count). The fraction of sp³-hybridized carbons (Fsp3) is 0.600. The van der Waals surface area contributed by atoms with Gasteiger partial charge in [-0.25, -0.2) is 0 Å². The van der Waals surface area contributed by atoms with Crippen LogP contribution < -0.4 is 10.1 Å². The van der Waals surface area contributed by atoms with Crippen molar-refractivity contribution < 1.29 is 9.53 Å². The average molecular weight is 363 g/mol. The van der Waals surface area contributed by atoms with Gasteiger partial charge in [0.2, 0.25) is 0 Å². The first-order valence-corrected chi connectivity index (χ1v) is 7.58. The van der Waals surface area contributed by atoms with E-state index in [9.17, 15) is 4.79 Å². The number of aromatic nitrogens is 1. The third kappa shape index (κ3) is 5.49. The topological polar surface area (TPSA) is 57.7 Å². The quantitative estimate of drug-likeness (QED) is 0.858. The molecule has 2 aliphatic rings. The van der Waals surface area contributed by atoms with Crippen molar-refractivity contribution in [3.8, 4) is 5.75 Å². The largest absolute Gasteiger partial charge is 0.482 e. The Bertz CT molecular complexity index is 472. The van der Waals surface area contributed by atoms with E-state index in [1.54, 1.807) is 18.5 Å². The number of piperazine rings is 1. The van der Waals surface area contributed by atoms with Crippen LogP contribution in [-0.4, -0.2) is 72.6 Å². The van der Waals surface area contributed by atoms with Gasteiger partial charge in [0, 0.05) is 51.5 Å². The van der Waals surface area contributed by atoms with E-state index in [0.717, 1.165) is 45.7 Å². The van der Waals surface area contributed by atoms with Crippen molar-refractivity contribution in [3.05, 3.63) is 24.5 Å². The molecule has 1 amide bonds. The molecule has 23 heavy (non-hydrogen) atoms. The highest BCUT2D eigenvalue weighted by molar-refractivity contribution is 5.85. The number of pyridine rings is 1. The van der Waals surface area contributed by atoms with Crippen molar-refractivity contribution in [2.45, 2.75) is 12.5 Å². The first-order chi connectivity index (χ1) is 10.3. The van der Waals surface area contributed by atoms with Crippen LogP contribution in [0.4, 0.5) is 0 Å². The summed E-state index contributed by atoms with van der Waals surface area (Å²) in [6, 6.07) is 4.12. The Morgan fingerprint density at radius 3 is 2.78 bits per heavy atom. The molecule has 0 bridgehead atoms. The third-order valence-electron chi connectivity index (χ3n) is 4.18. The Hall–Kier alpha value is -1.08. The second kappa shape index (κ2) is 9.93. The number of nitrogens with one attached hydrogen (secondary N) is 1. The van der Waals surface area contributed by atoms with Crippen molar-refractivity contribution >= 4 is 30.7 Å². The summed E-state index contributed by atoms with van der Waals surface area (Å²) in [7, 11) is 0. The van der Waals surface area contributed by atoms with Crippen molar-refractivity contribution in [1.29, 1.82) is 0 Å². The maximum absolute atomic E-state index is 12.2. The number of nitrogens with zero attached hydrogens (tertiary/aromatic N) is 3. The minimum Gasteiger partial charge on any atom is -0.482 e. The second-order valence-electron chi connectivity index (χ2n) is 5.55. The fourth-order valence-electron chi connectivity index (χ4n) is 2.98. The van der Waals surface area contributed by atoms with E-state index in [0.29, 0.717) is 11.8 Å². The third-order valence-corrected chi connectivity index (χ3v) is 4.18. The maximum atomic E-state index is 12.2. The summed E-state index contributed by atoms with van der Waals surface area (Å²) in [5.41, 5.74) is 0. The minimum atomic E-state index is 0. The van der Waals surface area contributed by atoms with Crippen LogP contribution in [-0.2, 0) is 4.79 Å². The summed E-state index contributed by atoms with van der Waals surface area (Å²) >= 11 is 0. The van der Waals surface area contributed by atoms with Gasteiger partial charge in [-0.1, -0.05) is 0 Å². The molecule has 0 spiro atoms. The van der Waals surface area contributed by atoms with Crippen molar-refractivity contribution in [1.82, 2.24) is 20.1 Å². The van der Waals surface area contributed by atoms with E-state index >= 15 is 0 Å². The molecular formula is C15H24Cl2N4O2. The number of ether oxygens (including phenoxy) is 1. The standard InChI is InChI=1S/C15H22N4O2.2ClH/c20-15(12-21-14-2-1-4-17-10-14)19-7-3-13(11-19)18-8-5-16-6-9-18;;/h1-2,4,10,13,16H,3,5-9,11-12H2;2*1H. The first kappa shape index (κ1) is 20.0. The average Bonchev–Trinajstić information content (AvgIpc) is 3.04. The molecule has 1 unspecified atom stereocenters. The number of amides is 1. The first-order valence-electron chi connectivity index (χ1n) is 7.58. The summed E-state index contributed by atoms with van der Waals surface area (Å²) in [6.07, 6.45) is 4.38. The van der Waals surface area contributed by atoms with E-state index in [1.807, 2.05) is 11.0 Å². The number of likely N-dealkylation sites (tertiary alicyclic amines) is 1. The Balaban J connectivity index is 0.00000132. The van der Waals surface area contributed by atoms with Crippen molar-refractivity contribution in [2.75, 3.05) is 45.9 Å². The Kier molecular flexibility index (Phi) is 8.62. The number of hydrogen-bond acceptors (Lipinski definition) is 5. The van der Waals surface area contributed by atoms with E-state index in [1.165, 1.54) is 0 Å². The molecular weight excluding hydrogens is 339 g/mol. The predicted octanol–water partition coefficient (Wildman–Crippen LogP) is 0.810. The van der Waals surface area contributed by atoms with E-state index < -0.39 is 0 Å². The summed E-state index contributed by atoms with van der Waals surface area (Å²) in [4.78, 5) is 20.6. The molecule has 0 radical (unpaired) electrons. The molecule has 0 saturated carbocycles. The summed E-state index contributed by atoms with van der Waals surface area (Å²) < 4.78 is 5.48. The minimum absolute atomic E-state index is 0. The lowest BCUT2D eigenvalue weighted by atomic mass is 10.2. The van der Waals surface area contributed by atoms with Crippen LogP contribution in [0.25, 0.3) is 0 Å². The Labute approximate surface area is 149 Å². The zero-order valence-corrected chi connectivity index (χ0v) is 14.7. The van der Waals surface area contributed by atoms with Gasteiger partial charge >= 0.3 is 0 Å². The molecule has 8 heteroatoms. The van der Waals surface area contributed by atoms with Gasteiger partial charge in [0.15, 0.2) is 6.61 Å². The molecule has 2 saturated heterocycles. The predicted molar refractivity (Wildman–Crippen MR) is 93.7 cm³/mol. The summed E-state index contributed by atoms with van der Waals surface area (Å²) in [5.74, 6) is 0.709. The van der Waals surface area contributed by atoms with Crippen LogP contribution in [0.3, 0.4) is 0 Å². The van der Waals surface area contributed by atoms with Gasteiger partial charge in [-0.2, -0.15) is 0 Å². The lowest BCUT2D eigenvalue weighted by Crippen LogP contribution is -2.49. The molecule has 1 aromatic rings. The second-order valence-corrected chi connectivity index (χ2v) is 5.55. The molecule has 0 aromatic carbocycles. The van der Waals surface area contributed by atoms with Gasteiger partial charge in [0.1, 0.15) is 5.75 Å². The molecule has 1 N–H and O–H groups in total. The van der Waals surface area contributed by atoms with Crippen LogP contribution >= 0.6 is 24.8 Å². The zero-order valence-electron chi connectivity index (χ0n) is 13.0. The fourth-order valence-corrected chi connectivity index (χ4v) is 2.98. The highest BCUT2D eigenvalue weighted by atomic mass is 35.5. The van der Waals surface area contributed by atoms with Crippen LogP contribution in [0.15, 0.2) is 24.5 Å². The van der Waals surface area contributed by atoms with Crippen LogP contribution in [0.2, 0.25) is 0 Å². The molecule has 1 aromatic heterocycles. The van der Waals surface area contributed by atoms with Crippen LogP contribution in [0, 0.1) is 0 Å². The Morgan fingerprint density at radius 2 is 2.09 bits per heavy atom. The van der Waals surface area contributed by atoms with Gasteiger partial charge in [-0.15, -0.1) is 24.8 Å². The summed E-state index contributed by atoms with van der Waals surface area (Å²) in [5, 5.41) is 3.36. The van der Waals surface area contributed by atoms with Gasteiger partial charge in [0.05, 0.1) is 6.20 Å². The maximum Gasteiger partial charge on any atom is 0.260 e. The number of hydrogen-bond donors (Lipinski definition) is 1. The molecule has 3 heterocycles. The van der Waals surface area contributed by atoms with Crippen molar-refractivity contribution in [2.24, 2.45) is 0 Å². The lowest BCUT2D eigenvalue weighted by molar-refractivity contribution is -0.132. The zero-order chi connectivity index (χ0) is 14.5. The smallest absolute Gasteiger partial charge is 0.260 e. The number of carbonyl (C=O) groups excluding carboxylic acids is 1.